The van der Waals surface area contributed by atoms with Crippen LogP contribution in [0.4, 0.5) is 0 Å². The SMILES string of the molecule is CC1=NCc2nnc(-c3c(-c4ccccc4)nn4ccccc34)cc21. The zero-order valence-electron chi connectivity index (χ0n) is 13.7. The van der Waals surface area contributed by atoms with Gasteiger partial charge in [0, 0.05) is 23.0 Å². The van der Waals surface area contributed by atoms with Crippen LogP contribution in [0.5, 0.6) is 0 Å². The lowest BCUT2D eigenvalue weighted by molar-refractivity contribution is 0.922. The first-order valence-corrected chi connectivity index (χ1v) is 8.22. The van der Waals surface area contributed by atoms with E-state index in [0.29, 0.717) is 6.54 Å². The minimum Gasteiger partial charge on any atom is -0.283 e. The molecule has 1 aromatic carbocycles. The Balaban J connectivity index is 1.81. The lowest BCUT2D eigenvalue weighted by Crippen LogP contribution is -1.99. The molecule has 0 unspecified atom stereocenters. The zero-order chi connectivity index (χ0) is 16.8. The summed E-state index contributed by atoms with van der Waals surface area (Å²) >= 11 is 0. The molecule has 3 aromatic heterocycles. The highest BCUT2D eigenvalue weighted by molar-refractivity contribution is 6.03. The number of aromatic nitrogens is 4. The minimum absolute atomic E-state index is 0.620. The van der Waals surface area contributed by atoms with Crippen LogP contribution in [0.1, 0.15) is 18.2 Å². The zero-order valence-corrected chi connectivity index (χ0v) is 13.7. The predicted molar refractivity (Wildman–Crippen MR) is 97.6 cm³/mol. The molecule has 0 bridgehead atoms. The van der Waals surface area contributed by atoms with Crippen molar-refractivity contribution in [3.63, 3.8) is 0 Å². The van der Waals surface area contributed by atoms with Crippen LogP contribution in [0.2, 0.25) is 0 Å². The van der Waals surface area contributed by atoms with Gasteiger partial charge in [-0.2, -0.15) is 10.2 Å². The van der Waals surface area contributed by atoms with E-state index in [1.807, 2.05) is 48.0 Å². The van der Waals surface area contributed by atoms with Crippen molar-refractivity contribution in [1.29, 1.82) is 0 Å². The number of nitrogens with zero attached hydrogens (tertiary/aromatic N) is 5. The standard InChI is InChI=1S/C20H15N5/c1-13-15-11-16(22-23-17(15)12-21-13)19-18-9-5-6-10-25(18)24-20(19)14-7-3-2-4-8-14/h2-11H,12H2,1H3. The summed E-state index contributed by atoms with van der Waals surface area (Å²) in [6.07, 6.45) is 1.96. The Morgan fingerprint density at radius 2 is 1.80 bits per heavy atom. The van der Waals surface area contributed by atoms with Gasteiger partial charge in [0.05, 0.1) is 29.0 Å². The smallest absolute Gasteiger partial charge is 0.103 e. The fourth-order valence-corrected chi connectivity index (χ4v) is 3.30. The van der Waals surface area contributed by atoms with Crippen molar-refractivity contribution < 1.29 is 0 Å². The van der Waals surface area contributed by atoms with Crippen molar-refractivity contribution in [1.82, 2.24) is 19.8 Å². The lowest BCUT2D eigenvalue weighted by atomic mass is 10.0. The summed E-state index contributed by atoms with van der Waals surface area (Å²) in [6.45, 7) is 2.64. The van der Waals surface area contributed by atoms with E-state index in [4.69, 9.17) is 5.10 Å². The van der Waals surface area contributed by atoms with E-state index in [1.54, 1.807) is 0 Å². The number of hydrogen-bond donors (Lipinski definition) is 0. The van der Waals surface area contributed by atoms with Crippen LogP contribution >= 0.6 is 0 Å². The fraction of sp³-hybridized carbons (Fsp3) is 0.100. The molecule has 1 aliphatic heterocycles. The molecule has 0 saturated carbocycles. The third-order valence-electron chi connectivity index (χ3n) is 4.57. The summed E-state index contributed by atoms with van der Waals surface area (Å²) in [5.41, 5.74) is 7.87. The number of hydrogen-bond acceptors (Lipinski definition) is 4. The van der Waals surface area contributed by atoms with E-state index in [1.165, 1.54) is 0 Å². The number of rotatable bonds is 2. The molecular weight excluding hydrogens is 310 g/mol. The highest BCUT2D eigenvalue weighted by Crippen LogP contribution is 2.34. The van der Waals surface area contributed by atoms with Crippen LogP contribution in [0, 0.1) is 0 Å². The average Bonchev–Trinajstić information content (AvgIpc) is 3.23. The van der Waals surface area contributed by atoms with Crippen molar-refractivity contribution in [2.24, 2.45) is 4.99 Å². The van der Waals surface area contributed by atoms with E-state index < -0.39 is 0 Å². The summed E-state index contributed by atoms with van der Waals surface area (Å²) < 4.78 is 1.90. The highest BCUT2D eigenvalue weighted by atomic mass is 15.2. The third-order valence-corrected chi connectivity index (χ3v) is 4.57. The molecule has 0 atom stereocenters. The molecule has 4 heterocycles. The molecule has 0 radical (unpaired) electrons. The van der Waals surface area contributed by atoms with Gasteiger partial charge in [0.1, 0.15) is 5.69 Å². The first-order chi connectivity index (χ1) is 12.3. The van der Waals surface area contributed by atoms with E-state index in [2.05, 4.69) is 39.5 Å². The van der Waals surface area contributed by atoms with Gasteiger partial charge in [0.15, 0.2) is 0 Å². The van der Waals surface area contributed by atoms with Gasteiger partial charge < -0.3 is 0 Å². The Morgan fingerprint density at radius 3 is 2.68 bits per heavy atom. The van der Waals surface area contributed by atoms with Gasteiger partial charge in [-0.1, -0.05) is 36.4 Å². The van der Waals surface area contributed by atoms with E-state index in [-0.39, 0.29) is 0 Å². The lowest BCUT2D eigenvalue weighted by Gasteiger charge is -2.05. The fourth-order valence-electron chi connectivity index (χ4n) is 3.30. The van der Waals surface area contributed by atoms with Gasteiger partial charge >= 0.3 is 0 Å². The number of fused-ring (bicyclic) bond motifs is 2. The molecule has 5 nitrogen and oxygen atoms in total. The Kier molecular flexibility index (Phi) is 3.00. The largest absolute Gasteiger partial charge is 0.283 e. The predicted octanol–water partition coefficient (Wildman–Crippen LogP) is 3.78. The van der Waals surface area contributed by atoms with Crippen LogP contribution in [0.25, 0.3) is 28.0 Å². The number of aliphatic imine (C=N–C) groups is 1. The van der Waals surface area contributed by atoms with Crippen molar-refractivity contribution >= 4 is 11.2 Å². The van der Waals surface area contributed by atoms with Gasteiger partial charge in [-0.05, 0) is 25.1 Å². The molecule has 0 N–H and O–H groups in total. The van der Waals surface area contributed by atoms with Crippen molar-refractivity contribution in [2.45, 2.75) is 13.5 Å². The molecule has 0 aliphatic carbocycles. The second-order valence-electron chi connectivity index (χ2n) is 6.11. The monoisotopic (exact) mass is 325 g/mol. The normalized spacial score (nSPS) is 13.1. The Hall–Kier alpha value is -3.34. The van der Waals surface area contributed by atoms with Gasteiger partial charge in [0.2, 0.25) is 0 Å². The maximum atomic E-state index is 4.79. The summed E-state index contributed by atoms with van der Waals surface area (Å²) in [4.78, 5) is 4.46. The van der Waals surface area contributed by atoms with Crippen molar-refractivity contribution in [2.75, 3.05) is 0 Å². The summed E-state index contributed by atoms with van der Waals surface area (Å²) in [5.74, 6) is 0. The molecule has 0 amide bonds. The van der Waals surface area contributed by atoms with E-state index >= 15 is 0 Å². The molecule has 4 aromatic rings. The second kappa shape index (κ2) is 5.34. The molecular formula is C20H15N5. The van der Waals surface area contributed by atoms with Crippen LogP contribution < -0.4 is 0 Å². The Morgan fingerprint density at radius 1 is 0.960 bits per heavy atom. The molecule has 5 heteroatoms. The molecule has 25 heavy (non-hydrogen) atoms. The number of pyridine rings is 1. The maximum absolute atomic E-state index is 4.79. The number of benzene rings is 1. The van der Waals surface area contributed by atoms with Gasteiger partial charge in [-0.25, -0.2) is 4.52 Å². The molecule has 5 rings (SSSR count). The van der Waals surface area contributed by atoms with Gasteiger partial charge in [-0.3, -0.25) is 4.99 Å². The summed E-state index contributed by atoms with van der Waals surface area (Å²) in [7, 11) is 0. The maximum Gasteiger partial charge on any atom is 0.103 e. The van der Waals surface area contributed by atoms with Crippen LogP contribution in [-0.2, 0) is 6.54 Å². The average molecular weight is 325 g/mol. The van der Waals surface area contributed by atoms with Gasteiger partial charge in [-0.15, -0.1) is 5.10 Å². The first-order valence-electron chi connectivity index (χ1n) is 8.22. The third kappa shape index (κ3) is 2.16. The molecule has 0 spiro atoms. The summed E-state index contributed by atoms with van der Waals surface area (Å²) in [6, 6.07) is 18.3. The minimum atomic E-state index is 0.620. The van der Waals surface area contributed by atoms with Crippen LogP contribution in [0.3, 0.4) is 0 Å². The highest BCUT2D eigenvalue weighted by Gasteiger charge is 2.21. The Bertz CT molecular complexity index is 1130. The molecule has 120 valence electrons. The molecule has 0 fully saturated rings. The summed E-state index contributed by atoms with van der Waals surface area (Å²) in [5, 5.41) is 13.7. The molecule has 0 saturated heterocycles. The van der Waals surface area contributed by atoms with Crippen LogP contribution in [-0.4, -0.2) is 25.5 Å². The second-order valence-corrected chi connectivity index (χ2v) is 6.11. The van der Waals surface area contributed by atoms with Crippen LogP contribution in [0.15, 0.2) is 65.8 Å². The Labute approximate surface area is 144 Å². The molecule has 1 aliphatic rings. The van der Waals surface area contributed by atoms with Gasteiger partial charge in [0.25, 0.3) is 0 Å². The topological polar surface area (TPSA) is 55.4 Å². The van der Waals surface area contributed by atoms with Crippen molar-refractivity contribution in [3.05, 3.63) is 72.1 Å². The van der Waals surface area contributed by atoms with E-state index in [9.17, 15) is 0 Å². The van der Waals surface area contributed by atoms with E-state index in [0.717, 1.165) is 45.0 Å². The van der Waals surface area contributed by atoms with Crippen molar-refractivity contribution in [3.8, 4) is 22.5 Å². The first kappa shape index (κ1) is 14.0. The quantitative estimate of drug-likeness (QED) is 0.563.